The highest BCUT2D eigenvalue weighted by Gasteiger charge is 2.51. The summed E-state index contributed by atoms with van der Waals surface area (Å²) in [5.74, 6) is 0.942. The molecule has 5 heteroatoms. The molecule has 1 aromatic rings. The maximum absolute atomic E-state index is 12.4. The van der Waals surface area contributed by atoms with Gasteiger partial charge < -0.3 is 15.0 Å². The van der Waals surface area contributed by atoms with E-state index in [9.17, 15) is 9.59 Å². The van der Waals surface area contributed by atoms with Crippen LogP contribution in [0.1, 0.15) is 57.6 Å². The highest BCUT2D eigenvalue weighted by Crippen LogP contribution is 2.45. The minimum atomic E-state index is -0.378. The molecule has 2 aliphatic heterocycles. The second-order valence-corrected chi connectivity index (χ2v) is 7.15. The van der Waals surface area contributed by atoms with Crippen molar-refractivity contribution in [2.24, 2.45) is 0 Å². The molecule has 24 heavy (non-hydrogen) atoms. The molecule has 0 bridgehead atoms. The predicted octanol–water partition coefficient (Wildman–Crippen LogP) is 2.81. The summed E-state index contributed by atoms with van der Waals surface area (Å²) in [6.45, 7) is 3.70. The number of nitrogens with zero attached hydrogens (tertiary/aromatic N) is 1. The van der Waals surface area contributed by atoms with Crippen molar-refractivity contribution in [3.8, 4) is 5.75 Å². The first-order valence-corrected chi connectivity index (χ1v) is 8.68. The number of carbonyl (C=O) groups excluding carboxylic acids is 2. The minimum Gasteiger partial charge on any atom is -0.497 e. The number of ether oxygens (including phenoxy) is 1. The van der Waals surface area contributed by atoms with Gasteiger partial charge in [0, 0.05) is 13.3 Å². The van der Waals surface area contributed by atoms with Gasteiger partial charge in [0.25, 0.3) is 0 Å². The number of fused-ring (bicyclic) bond motifs is 1. The standard InChI is InChI=1S/C19H26N2O3/c1-13(22)21-16(14-7-6-8-15(11-14)24-3)12-19(2)17(21)9-4-5-10-18(23)20-19/h6-8,11,16-17H,4-5,9-10,12H2,1-3H3,(H,20,23)/t16-,17-,19-/m0/s1. The van der Waals surface area contributed by atoms with Crippen molar-refractivity contribution in [3.05, 3.63) is 29.8 Å². The Morgan fingerprint density at radius 2 is 2.17 bits per heavy atom. The molecule has 0 unspecified atom stereocenters. The highest BCUT2D eigenvalue weighted by molar-refractivity contribution is 5.79. The normalized spacial score (nSPS) is 30.1. The molecule has 0 aromatic heterocycles. The van der Waals surface area contributed by atoms with Crippen LogP contribution in [0.5, 0.6) is 5.75 Å². The van der Waals surface area contributed by atoms with Crippen molar-refractivity contribution < 1.29 is 14.3 Å². The molecule has 0 aliphatic carbocycles. The van der Waals surface area contributed by atoms with Gasteiger partial charge in [-0.2, -0.15) is 0 Å². The molecule has 130 valence electrons. The number of rotatable bonds is 2. The van der Waals surface area contributed by atoms with Crippen LogP contribution in [0.15, 0.2) is 24.3 Å². The average molecular weight is 330 g/mol. The van der Waals surface area contributed by atoms with Gasteiger partial charge in [-0.1, -0.05) is 18.6 Å². The number of likely N-dealkylation sites (tertiary alicyclic amines) is 1. The quantitative estimate of drug-likeness (QED) is 0.907. The van der Waals surface area contributed by atoms with Crippen molar-refractivity contribution in [3.63, 3.8) is 0 Å². The van der Waals surface area contributed by atoms with Crippen molar-refractivity contribution in [1.29, 1.82) is 0 Å². The minimum absolute atomic E-state index is 0.0361. The van der Waals surface area contributed by atoms with Crippen LogP contribution in [0, 0.1) is 0 Å². The summed E-state index contributed by atoms with van der Waals surface area (Å²) in [4.78, 5) is 26.6. The van der Waals surface area contributed by atoms with Gasteiger partial charge in [0.15, 0.2) is 0 Å². The summed E-state index contributed by atoms with van der Waals surface area (Å²) in [6, 6.07) is 7.89. The average Bonchev–Trinajstić information content (AvgIpc) is 2.82. The number of benzene rings is 1. The molecule has 2 amide bonds. The lowest BCUT2D eigenvalue weighted by Gasteiger charge is -2.37. The molecule has 2 aliphatic rings. The Balaban J connectivity index is 1.99. The zero-order valence-corrected chi connectivity index (χ0v) is 14.7. The largest absolute Gasteiger partial charge is 0.497 e. The van der Waals surface area contributed by atoms with Crippen LogP contribution in [0.4, 0.5) is 0 Å². The molecule has 2 heterocycles. The third-order valence-electron chi connectivity index (χ3n) is 5.42. The smallest absolute Gasteiger partial charge is 0.220 e. The highest BCUT2D eigenvalue weighted by atomic mass is 16.5. The van der Waals surface area contributed by atoms with Crippen molar-refractivity contribution in [2.75, 3.05) is 7.11 Å². The van der Waals surface area contributed by atoms with Crippen LogP contribution in [0.25, 0.3) is 0 Å². The lowest BCUT2D eigenvalue weighted by atomic mass is 9.85. The van der Waals surface area contributed by atoms with Gasteiger partial charge in [-0.05, 0) is 43.9 Å². The van der Waals surface area contributed by atoms with Crippen LogP contribution in [-0.4, -0.2) is 35.4 Å². The fraction of sp³-hybridized carbons (Fsp3) is 0.579. The van der Waals surface area contributed by atoms with E-state index in [-0.39, 0.29) is 29.4 Å². The van der Waals surface area contributed by atoms with Crippen molar-refractivity contribution in [1.82, 2.24) is 10.2 Å². The Kier molecular flexibility index (Phi) is 4.52. The Morgan fingerprint density at radius 3 is 2.88 bits per heavy atom. The molecule has 0 spiro atoms. The van der Waals surface area contributed by atoms with E-state index in [1.54, 1.807) is 14.0 Å². The van der Waals surface area contributed by atoms with E-state index < -0.39 is 0 Å². The molecule has 0 saturated carbocycles. The third-order valence-corrected chi connectivity index (χ3v) is 5.42. The maximum atomic E-state index is 12.4. The monoisotopic (exact) mass is 330 g/mol. The summed E-state index contributed by atoms with van der Waals surface area (Å²) >= 11 is 0. The SMILES string of the molecule is COc1cccc([C@@H]2C[C@]3(C)NC(=O)CCCC[C@@H]3N2C(C)=O)c1. The zero-order valence-electron chi connectivity index (χ0n) is 14.7. The second kappa shape index (κ2) is 6.46. The van der Waals surface area contributed by atoms with Gasteiger partial charge in [-0.3, -0.25) is 9.59 Å². The summed E-state index contributed by atoms with van der Waals surface area (Å²) in [7, 11) is 1.64. The Morgan fingerprint density at radius 1 is 1.38 bits per heavy atom. The molecule has 3 atom stereocenters. The van der Waals surface area contributed by atoms with Crippen LogP contribution in [0.3, 0.4) is 0 Å². The molecular weight excluding hydrogens is 304 g/mol. The summed E-state index contributed by atoms with van der Waals surface area (Å²) in [5, 5.41) is 3.21. The number of amides is 2. The molecule has 2 fully saturated rings. The Bertz CT molecular complexity index is 645. The second-order valence-electron chi connectivity index (χ2n) is 7.15. The lowest BCUT2D eigenvalue weighted by Crippen LogP contribution is -2.56. The Hall–Kier alpha value is -2.04. The van der Waals surface area contributed by atoms with Gasteiger partial charge >= 0.3 is 0 Å². The Labute approximate surface area is 143 Å². The zero-order chi connectivity index (χ0) is 17.3. The third kappa shape index (κ3) is 2.99. The number of nitrogens with one attached hydrogen (secondary N) is 1. The van der Waals surface area contributed by atoms with Crippen LogP contribution in [0.2, 0.25) is 0 Å². The summed E-state index contributed by atoms with van der Waals surface area (Å²) in [5.41, 5.74) is 0.684. The van der Waals surface area contributed by atoms with Gasteiger partial charge in [0.1, 0.15) is 5.75 Å². The number of carbonyl (C=O) groups is 2. The molecule has 1 aromatic carbocycles. The van der Waals surface area contributed by atoms with E-state index >= 15 is 0 Å². The first-order valence-electron chi connectivity index (χ1n) is 8.68. The van der Waals surface area contributed by atoms with Gasteiger partial charge in [0.05, 0.1) is 24.7 Å². The topological polar surface area (TPSA) is 58.6 Å². The van der Waals surface area contributed by atoms with E-state index in [0.29, 0.717) is 6.42 Å². The van der Waals surface area contributed by atoms with E-state index in [2.05, 4.69) is 12.2 Å². The van der Waals surface area contributed by atoms with E-state index in [0.717, 1.165) is 37.0 Å². The molecule has 0 radical (unpaired) electrons. The fourth-order valence-corrected chi connectivity index (χ4v) is 4.32. The van der Waals surface area contributed by atoms with Gasteiger partial charge in [-0.15, -0.1) is 0 Å². The first kappa shape index (κ1) is 16.8. The predicted molar refractivity (Wildman–Crippen MR) is 91.7 cm³/mol. The van der Waals surface area contributed by atoms with Crippen molar-refractivity contribution >= 4 is 11.8 Å². The van der Waals surface area contributed by atoms with E-state index in [1.165, 1.54) is 0 Å². The van der Waals surface area contributed by atoms with Crippen LogP contribution >= 0.6 is 0 Å². The first-order chi connectivity index (χ1) is 11.4. The van der Waals surface area contributed by atoms with Crippen LogP contribution in [-0.2, 0) is 9.59 Å². The molecule has 3 rings (SSSR count). The fourth-order valence-electron chi connectivity index (χ4n) is 4.32. The maximum Gasteiger partial charge on any atom is 0.220 e. The van der Waals surface area contributed by atoms with Crippen molar-refractivity contribution in [2.45, 2.75) is 63.6 Å². The summed E-state index contributed by atoms with van der Waals surface area (Å²) in [6.07, 6.45) is 4.09. The summed E-state index contributed by atoms with van der Waals surface area (Å²) < 4.78 is 5.34. The van der Waals surface area contributed by atoms with E-state index in [4.69, 9.17) is 4.74 Å². The number of hydrogen-bond donors (Lipinski definition) is 1. The van der Waals surface area contributed by atoms with E-state index in [1.807, 2.05) is 29.2 Å². The van der Waals surface area contributed by atoms with Gasteiger partial charge in [-0.25, -0.2) is 0 Å². The van der Waals surface area contributed by atoms with Crippen LogP contribution < -0.4 is 10.1 Å². The number of methoxy groups -OCH3 is 1. The molecular formula is C19H26N2O3. The molecule has 2 saturated heterocycles. The molecule has 5 nitrogen and oxygen atoms in total. The molecule has 1 N–H and O–H groups in total. The number of hydrogen-bond acceptors (Lipinski definition) is 3. The van der Waals surface area contributed by atoms with Gasteiger partial charge in [0.2, 0.25) is 11.8 Å². The lowest BCUT2D eigenvalue weighted by molar-refractivity contribution is -0.134.